The molecule has 5 nitrogen and oxygen atoms in total. The number of benzene rings is 2. The number of hydrogen-bond acceptors (Lipinski definition) is 3. The van der Waals surface area contributed by atoms with Gasteiger partial charge in [0.25, 0.3) is 11.8 Å². The number of anilines is 1. The first-order valence-electron chi connectivity index (χ1n) is 9.49. The fourth-order valence-electron chi connectivity index (χ4n) is 3.63. The van der Waals surface area contributed by atoms with Crippen LogP contribution in [0.5, 0.6) is 0 Å². The van der Waals surface area contributed by atoms with Crippen LogP contribution >= 0.6 is 12.4 Å². The normalized spacial score (nSPS) is 16.2. The van der Waals surface area contributed by atoms with Gasteiger partial charge in [0.15, 0.2) is 0 Å². The molecule has 150 valence electrons. The molecule has 0 aliphatic carbocycles. The quantitative estimate of drug-likeness (QED) is 0.802. The Morgan fingerprint density at radius 3 is 2.68 bits per heavy atom. The molecule has 0 spiro atoms. The first-order chi connectivity index (χ1) is 13.1. The highest BCUT2D eigenvalue weighted by Crippen LogP contribution is 2.23. The highest BCUT2D eigenvalue weighted by Gasteiger charge is 2.25. The number of para-hydroxylation sites is 1. The summed E-state index contributed by atoms with van der Waals surface area (Å²) in [5, 5.41) is 6.11. The standard InChI is InChI=1S/C22H27N3O2.ClH/c1-16-7-5-9-18(13-16)21(26)24-20-11-4-3-10-19(20)22(27)25-12-6-8-17(15-25)14-23-2;/h3-5,7,9-11,13,17,23H,6,8,12,14-15H2,1-2H3,(H,24,26);1H. The molecule has 1 atom stereocenters. The zero-order valence-corrected chi connectivity index (χ0v) is 17.2. The number of aryl methyl sites for hydroxylation is 1. The van der Waals surface area contributed by atoms with E-state index in [1.54, 1.807) is 18.2 Å². The number of nitrogens with zero attached hydrogens (tertiary/aromatic N) is 1. The van der Waals surface area contributed by atoms with Crippen molar-refractivity contribution >= 4 is 29.9 Å². The van der Waals surface area contributed by atoms with E-state index in [2.05, 4.69) is 10.6 Å². The number of nitrogens with one attached hydrogen (secondary N) is 2. The van der Waals surface area contributed by atoms with Crippen molar-refractivity contribution in [1.29, 1.82) is 0 Å². The lowest BCUT2D eigenvalue weighted by Gasteiger charge is -2.33. The average molecular weight is 402 g/mol. The number of carbonyl (C=O) groups is 2. The van der Waals surface area contributed by atoms with Gasteiger partial charge in [-0.25, -0.2) is 0 Å². The van der Waals surface area contributed by atoms with Gasteiger partial charge in [0.05, 0.1) is 11.3 Å². The molecule has 0 bridgehead atoms. The molecule has 3 rings (SSSR count). The Morgan fingerprint density at radius 1 is 1.14 bits per heavy atom. The van der Waals surface area contributed by atoms with Gasteiger partial charge in [-0.1, -0.05) is 29.8 Å². The predicted octanol–water partition coefficient (Wildman–Crippen LogP) is 3.74. The third-order valence-electron chi connectivity index (χ3n) is 4.98. The van der Waals surface area contributed by atoms with Gasteiger partial charge >= 0.3 is 0 Å². The van der Waals surface area contributed by atoms with Crippen molar-refractivity contribution in [2.75, 3.05) is 32.0 Å². The monoisotopic (exact) mass is 401 g/mol. The minimum Gasteiger partial charge on any atom is -0.338 e. The maximum Gasteiger partial charge on any atom is 0.255 e. The van der Waals surface area contributed by atoms with Gasteiger partial charge in [0, 0.05) is 18.7 Å². The second kappa shape index (κ2) is 10.2. The number of halogens is 1. The van der Waals surface area contributed by atoms with Crippen molar-refractivity contribution in [2.45, 2.75) is 19.8 Å². The predicted molar refractivity (Wildman–Crippen MR) is 115 cm³/mol. The molecule has 28 heavy (non-hydrogen) atoms. The number of piperidine rings is 1. The number of amides is 2. The van der Waals surface area contributed by atoms with Crippen molar-refractivity contribution in [3.8, 4) is 0 Å². The van der Waals surface area contributed by atoms with E-state index in [-0.39, 0.29) is 24.2 Å². The molecule has 1 aliphatic heterocycles. The molecule has 1 unspecified atom stereocenters. The molecule has 1 saturated heterocycles. The second-order valence-corrected chi connectivity index (χ2v) is 7.19. The summed E-state index contributed by atoms with van der Waals surface area (Å²) in [6.45, 7) is 4.38. The number of likely N-dealkylation sites (tertiary alicyclic amines) is 1. The summed E-state index contributed by atoms with van der Waals surface area (Å²) in [6.07, 6.45) is 2.15. The molecule has 6 heteroatoms. The van der Waals surface area contributed by atoms with Crippen LogP contribution in [0.15, 0.2) is 48.5 Å². The maximum absolute atomic E-state index is 13.1. The minimum atomic E-state index is -0.203. The SMILES string of the molecule is CNCC1CCCN(C(=O)c2ccccc2NC(=O)c2cccc(C)c2)C1.Cl. The molecule has 0 saturated carbocycles. The van der Waals surface area contributed by atoms with Gasteiger partial charge in [-0.05, 0) is 63.5 Å². The molecular formula is C22H28ClN3O2. The Labute approximate surface area is 172 Å². The number of hydrogen-bond donors (Lipinski definition) is 2. The summed E-state index contributed by atoms with van der Waals surface area (Å²) < 4.78 is 0. The Bertz CT molecular complexity index is 823. The van der Waals surface area contributed by atoms with E-state index < -0.39 is 0 Å². The summed E-state index contributed by atoms with van der Waals surface area (Å²) in [4.78, 5) is 27.6. The first kappa shape index (κ1) is 21.9. The summed E-state index contributed by atoms with van der Waals surface area (Å²) in [7, 11) is 1.94. The van der Waals surface area contributed by atoms with Crippen molar-refractivity contribution in [1.82, 2.24) is 10.2 Å². The maximum atomic E-state index is 13.1. The zero-order chi connectivity index (χ0) is 19.2. The molecule has 1 fully saturated rings. The fraction of sp³-hybridized carbons (Fsp3) is 0.364. The molecule has 0 radical (unpaired) electrons. The number of rotatable bonds is 5. The van der Waals surface area contributed by atoms with E-state index in [0.29, 0.717) is 22.7 Å². The van der Waals surface area contributed by atoms with Gasteiger partial charge in [-0.15, -0.1) is 12.4 Å². The Kier molecular flexibility index (Phi) is 8.03. The fourth-order valence-corrected chi connectivity index (χ4v) is 3.63. The molecule has 2 amide bonds. The van der Waals surface area contributed by atoms with E-state index in [4.69, 9.17) is 0 Å². The van der Waals surface area contributed by atoms with Crippen LogP contribution in [-0.2, 0) is 0 Å². The Morgan fingerprint density at radius 2 is 1.93 bits per heavy atom. The van der Waals surface area contributed by atoms with E-state index in [1.165, 1.54) is 0 Å². The van der Waals surface area contributed by atoms with Crippen LogP contribution in [0, 0.1) is 12.8 Å². The Balaban J connectivity index is 0.00000280. The van der Waals surface area contributed by atoms with Gasteiger partial charge < -0.3 is 15.5 Å². The zero-order valence-electron chi connectivity index (χ0n) is 16.4. The van der Waals surface area contributed by atoms with Crippen LogP contribution in [0.4, 0.5) is 5.69 Å². The molecule has 2 N–H and O–H groups in total. The smallest absolute Gasteiger partial charge is 0.255 e. The van der Waals surface area contributed by atoms with Crippen LogP contribution in [0.2, 0.25) is 0 Å². The highest BCUT2D eigenvalue weighted by atomic mass is 35.5. The average Bonchev–Trinajstić information content (AvgIpc) is 2.68. The van der Waals surface area contributed by atoms with Gasteiger partial charge in [0.2, 0.25) is 0 Å². The van der Waals surface area contributed by atoms with Crippen LogP contribution in [0.25, 0.3) is 0 Å². The third-order valence-corrected chi connectivity index (χ3v) is 4.98. The van der Waals surface area contributed by atoms with Gasteiger partial charge in [-0.3, -0.25) is 9.59 Å². The number of carbonyl (C=O) groups excluding carboxylic acids is 2. The lowest BCUT2D eigenvalue weighted by atomic mass is 9.97. The Hall–Kier alpha value is -2.37. The van der Waals surface area contributed by atoms with Crippen LogP contribution < -0.4 is 10.6 Å². The topological polar surface area (TPSA) is 61.4 Å². The lowest BCUT2D eigenvalue weighted by molar-refractivity contribution is 0.0675. The molecule has 1 heterocycles. The molecule has 2 aromatic rings. The van der Waals surface area contributed by atoms with Crippen LogP contribution in [0.3, 0.4) is 0 Å². The minimum absolute atomic E-state index is 0. The van der Waals surface area contributed by atoms with E-state index in [1.807, 2.05) is 49.2 Å². The van der Waals surface area contributed by atoms with E-state index in [9.17, 15) is 9.59 Å². The summed E-state index contributed by atoms with van der Waals surface area (Å²) in [6, 6.07) is 14.7. The lowest BCUT2D eigenvalue weighted by Crippen LogP contribution is -2.42. The first-order valence-corrected chi connectivity index (χ1v) is 9.49. The van der Waals surface area contributed by atoms with E-state index >= 15 is 0 Å². The largest absolute Gasteiger partial charge is 0.338 e. The molecule has 0 aromatic heterocycles. The van der Waals surface area contributed by atoms with Crippen molar-refractivity contribution < 1.29 is 9.59 Å². The van der Waals surface area contributed by atoms with Crippen molar-refractivity contribution in [3.05, 3.63) is 65.2 Å². The molecule has 2 aromatic carbocycles. The van der Waals surface area contributed by atoms with Gasteiger partial charge in [-0.2, -0.15) is 0 Å². The van der Waals surface area contributed by atoms with Crippen LogP contribution in [-0.4, -0.2) is 43.4 Å². The van der Waals surface area contributed by atoms with E-state index in [0.717, 1.165) is 38.0 Å². The molecular weight excluding hydrogens is 374 g/mol. The summed E-state index contributed by atoms with van der Waals surface area (Å²) in [5.41, 5.74) is 2.72. The van der Waals surface area contributed by atoms with Crippen molar-refractivity contribution in [3.63, 3.8) is 0 Å². The highest BCUT2D eigenvalue weighted by molar-refractivity contribution is 6.09. The summed E-state index contributed by atoms with van der Waals surface area (Å²) in [5.74, 6) is 0.253. The van der Waals surface area contributed by atoms with Crippen LogP contribution in [0.1, 0.15) is 39.1 Å². The second-order valence-electron chi connectivity index (χ2n) is 7.19. The van der Waals surface area contributed by atoms with Crippen molar-refractivity contribution in [2.24, 2.45) is 5.92 Å². The van der Waals surface area contributed by atoms with Gasteiger partial charge in [0.1, 0.15) is 0 Å². The summed E-state index contributed by atoms with van der Waals surface area (Å²) >= 11 is 0. The third kappa shape index (κ3) is 5.33. The molecule has 1 aliphatic rings.